The number of hydrogen-bond acceptors (Lipinski definition) is 8. The Morgan fingerprint density at radius 3 is 2.24 bits per heavy atom. The van der Waals surface area contributed by atoms with Gasteiger partial charge in [-0.3, -0.25) is 9.69 Å². The van der Waals surface area contributed by atoms with E-state index in [2.05, 4.69) is 0 Å². The number of hydrogen-bond donors (Lipinski definition) is 6. The minimum absolute atomic E-state index is 0.663. The number of carbonyl (C=O) groups excluding carboxylic acids is 1. The summed E-state index contributed by atoms with van der Waals surface area (Å²) in [5.41, 5.74) is 5.68. The van der Waals surface area contributed by atoms with Gasteiger partial charge in [0.25, 0.3) is 0 Å². The van der Waals surface area contributed by atoms with Crippen LogP contribution in [-0.2, 0) is 14.3 Å². The minimum Gasteiger partial charge on any atom is -0.480 e. The highest BCUT2D eigenvalue weighted by molar-refractivity contribution is 5.82. The first-order valence-electron chi connectivity index (χ1n) is 6.26. The van der Waals surface area contributed by atoms with Gasteiger partial charge < -0.3 is 36.0 Å². The number of carboxylic acid groups (broad SMARTS) is 1. The van der Waals surface area contributed by atoms with E-state index in [1.54, 1.807) is 0 Å². The van der Waals surface area contributed by atoms with Crippen LogP contribution in [0.1, 0.15) is 6.92 Å². The predicted octanol–water partition coefficient (Wildman–Crippen LogP) is -3.95. The lowest BCUT2D eigenvalue weighted by Crippen LogP contribution is -2.69. The second-order valence-electron chi connectivity index (χ2n) is 4.77. The zero-order valence-corrected chi connectivity index (χ0v) is 11.4. The summed E-state index contributed by atoms with van der Waals surface area (Å²) in [5, 5.41) is 46.8. The lowest BCUT2D eigenvalue weighted by Gasteiger charge is -2.46. The molecule has 1 unspecified atom stereocenters. The first-order valence-corrected chi connectivity index (χ1v) is 6.26. The highest BCUT2D eigenvalue weighted by Gasteiger charge is 2.48. The number of nitrogens with two attached hydrogens (primary N) is 1. The summed E-state index contributed by atoms with van der Waals surface area (Å²) in [6.45, 7) is -0.499. The summed E-state index contributed by atoms with van der Waals surface area (Å²) in [6.07, 6.45) is -5.66. The number of carboxylic acids is 1. The third-order valence-electron chi connectivity index (χ3n) is 3.38. The Morgan fingerprint density at radius 1 is 1.29 bits per heavy atom. The Hall–Kier alpha value is -1.30. The van der Waals surface area contributed by atoms with E-state index in [1.807, 2.05) is 0 Å². The largest absolute Gasteiger partial charge is 0.480 e. The molecule has 1 rings (SSSR count). The van der Waals surface area contributed by atoms with Crippen LogP contribution in [0.25, 0.3) is 0 Å². The third kappa shape index (κ3) is 3.48. The number of rotatable bonds is 5. The second-order valence-corrected chi connectivity index (χ2v) is 4.77. The fourth-order valence-corrected chi connectivity index (χ4v) is 2.23. The Balaban J connectivity index is 3.11. The number of carbonyl (C=O) groups is 2. The van der Waals surface area contributed by atoms with E-state index in [1.165, 1.54) is 0 Å². The van der Waals surface area contributed by atoms with Crippen molar-refractivity contribution in [2.24, 2.45) is 5.73 Å². The van der Waals surface area contributed by atoms with Gasteiger partial charge >= 0.3 is 5.97 Å². The molecule has 0 aromatic carbocycles. The molecule has 7 N–H and O–H groups in total. The van der Waals surface area contributed by atoms with E-state index in [0.29, 0.717) is 4.90 Å². The molecular weight excluding hydrogens is 288 g/mol. The molecule has 0 radical (unpaired) electrons. The van der Waals surface area contributed by atoms with Crippen molar-refractivity contribution < 1.29 is 39.9 Å². The van der Waals surface area contributed by atoms with Crippen molar-refractivity contribution in [3.8, 4) is 0 Å². The van der Waals surface area contributed by atoms with Gasteiger partial charge in [-0.15, -0.1) is 0 Å². The minimum atomic E-state index is -1.62. The molecule has 0 aromatic rings. The first kappa shape index (κ1) is 17.8. The zero-order valence-electron chi connectivity index (χ0n) is 11.4. The summed E-state index contributed by atoms with van der Waals surface area (Å²) >= 11 is 0. The maximum Gasteiger partial charge on any atom is 0.328 e. The zero-order chi connectivity index (χ0) is 16.3. The fourth-order valence-electron chi connectivity index (χ4n) is 2.23. The molecule has 0 spiro atoms. The molecule has 1 heterocycles. The number of aliphatic carboxylic acids is 1. The quantitative estimate of drug-likeness (QED) is 0.296. The lowest BCUT2D eigenvalue weighted by atomic mass is 9.95. The van der Waals surface area contributed by atoms with Gasteiger partial charge in [-0.25, -0.2) is 4.79 Å². The Morgan fingerprint density at radius 2 is 1.86 bits per heavy atom. The van der Waals surface area contributed by atoms with Crippen molar-refractivity contribution in [1.82, 2.24) is 4.90 Å². The standard InChI is InChI=1S/C11H20N2O8/c1-4(16)13(5(2-14)11(19)20)10-7(12)9(18)8(17)6(3-15)21-10/h5-10,14-15,17-18H,2-3,12H2,1H3,(H,19,20)/t5-,6+,7+,8-,9+,10?/m0/s1. The van der Waals surface area contributed by atoms with Gasteiger partial charge in [0.15, 0.2) is 12.3 Å². The van der Waals surface area contributed by atoms with Gasteiger partial charge in [-0.05, 0) is 0 Å². The molecule has 1 saturated heterocycles. The molecule has 6 atom stereocenters. The van der Waals surface area contributed by atoms with Crippen LogP contribution in [-0.4, -0.2) is 92.1 Å². The molecule has 0 bridgehead atoms. The highest BCUT2D eigenvalue weighted by Crippen LogP contribution is 2.24. The Labute approximate surface area is 120 Å². The third-order valence-corrected chi connectivity index (χ3v) is 3.38. The van der Waals surface area contributed by atoms with Crippen LogP contribution in [0.3, 0.4) is 0 Å². The average Bonchev–Trinajstić information content (AvgIpc) is 2.42. The molecule has 1 amide bonds. The van der Waals surface area contributed by atoms with Crippen LogP contribution in [0.15, 0.2) is 0 Å². The van der Waals surface area contributed by atoms with E-state index >= 15 is 0 Å². The van der Waals surface area contributed by atoms with Crippen LogP contribution in [0, 0.1) is 0 Å². The first-order chi connectivity index (χ1) is 9.76. The number of aliphatic hydroxyl groups excluding tert-OH is 4. The monoisotopic (exact) mass is 308 g/mol. The van der Waals surface area contributed by atoms with Crippen LogP contribution >= 0.6 is 0 Å². The van der Waals surface area contributed by atoms with Crippen molar-refractivity contribution >= 4 is 11.9 Å². The SMILES string of the molecule is CC(=O)N(C1O[C@H](CO)[C@H](O)[C@H](O)[C@H]1N)[C@@H](CO)C(=O)O. The maximum absolute atomic E-state index is 11.7. The smallest absolute Gasteiger partial charge is 0.328 e. The number of ether oxygens (including phenoxy) is 1. The fraction of sp³-hybridized carbons (Fsp3) is 0.818. The van der Waals surface area contributed by atoms with Crippen LogP contribution in [0.2, 0.25) is 0 Å². The molecule has 1 aliphatic heterocycles. The van der Waals surface area contributed by atoms with Crippen LogP contribution in [0.5, 0.6) is 0 Å². The van der Waals surface area contributed by atoms with Gasteiger partial charge in [0.1, 0.15) is 18.3 Å². The van der Waals surface area contributed by atoms with E-state index in [4.69, 9.17) is 25.8 Å². The highest BCUT2D eigenvalue weighted by atomic mass is 16.5. The molecule has 0 aromatic heterocycles. The normalized spacial score (nSPS) is 34.3. The average molecular weight is 308 g/mol. The summed E-state index contributed by atoms with van der Waals surface area (Å²) in [4.78, 5) is 23.5. The molecule has 10 heteroatoms. The second kappa shape index (κ2) is 7.11. The molecule has 122 valence electrons. The predicted molar refractivity (Wildman–Crippen MR) is 66.8 cm³/mol. The molecule has 21 heavy (non-hydrogen) atoms. The Bertz CT molecular complexity index is 390. The molecule has 10 nitrogen and oxygen atoms in total. The lowest BCUT2D eigenvalue weighted by molar-refractivity contribution is -0.233. The van der Waals surface area contributed by atoms with E-state index < -0.39 is 61.7 Å². The maximum atomic E-state index is 11.7. The van der Waals surface area contributed by atoms with Gasteiger partial charge in [0.05, 0.1) is 19.3 Å². The van der Waals surface area contributed by atoms with Crippen molar-refractivity contribution in [2.75, 3.05) is 13.2 Å². The molecule has 0 saturated carbocycles. The van der Waals surface area contributed by atoms with E-state index in [0.717, 1.165) is 6.92 Å². The number of nitrogens with zero attached hydrogens (tertiary/aromatic N) is 1. The van der Waals surface area contributed by atoms with Crippen molar-refractivity contribution in [1.29, 1.82) is 0 Å². The summed E-state index contributed by atoms with van der Waals surface area (Å²) in [6, 6.07) is -2.93. The van der Waals surface area contributed by atoms with Gasteiger partial charge in [0.2, 0.25) is 5.91 Å². The summed E-state index contributed by atoms with van der Waals surface area (Å²) < 4.78 is 5.23. The van der Waals surface area contributed by atoms with Crippen molar-refractivity contribution in [2.45, 2.75) is 43.5 Å². The molecule has 1 fully saturated rings. The summed E-state index contributed by atoms with van der Waals surface area (Å²) in [5.74, 6) is -2.23. The molecule has 0 aliphatic carbocycles. The number of aliphatic hydroxyl groups is 4. The number of amides is 1. The van der Waals surface area contributed by atoms with Gasteiger partial charge in [-0.2, -0.15) is 0 Å². The van der Waals surface area contributed by atoms with Gasteiger partial charge in [0, 0.05) is 6.92 Å². The van der Waals surface area contributed by atoms with E-state index in [9.17, 15) is 19.8 Å². The van der Waals surface area contributed by atoms with E-state index in [-0.39, 0.29) is 0 Å². The Kier molecular flexibility index (Phi) is 6.01. The molecule has 1 aliphatic rings. The van der Waals surface area contributed by atoms with Crippen LogP contribution < -0.4 is 5.73 Å². The van der Waals surface area contributed by atoms with Crippen LogP contribution in [0.4, 0.5) is 0 Å². The van der Waals surface area contributed by atoms with Gasteiger partial charge in [-0.1, -0.05) is 0 Å². The molecular formula is C11H20N2O8. The topological polar surface area (TPSA) is 174 Å². The van der Waals surface area contributed by atoms with Crippen molar-refractivity contribution in [3.05, 3.63) is 0 Å². The van der Waals surface area contributed by atoms with Crippen molar-refractivity contribution in [3.63, 3.8) is 0 Å². The summed E-state index contributed by atoms with van der Waals surface area (Å²) in [7, 11) is 0.